The number of benzene rings is 2. The van der Waals surface area contributed by atoms with Crippen molar-refractivity contribution in [3.63, 3.8) is 0 Å². The minimum atomic E-state index is -5.09. The summed E-state index contributed by atoms with van der Waals surface area (Å²) >= 11 is 0. The second kappa shape index (κ2) is 9.61. The lowest BCUT2D eigenvalue weighted by molar-refractivity contribution is -0.263. The number of halogens is 4. The number of rotatable bonds is 8. The highest BCUT2D eigenvalue weighted by molar-refractivity contribution is 5.97. The maximum Gasteiger partial charge on any atom is 0.424 e. The van der Waals surface area contributed by atoms with Crippen molar-refractivity contribution < 1.29 is 27.5 Å². The van der Waals surface area contributed by atoms with Gasteiger partial charge >= 0.3 is 6.18 Å². The molecule has 180 valence electrons. The van der Waals surface area contributed by atoms with Crippen LogP contribution in [0.1, 0.15) is 35.5 Å². The van der Waals surface area contributed by atoms with Crippen molar-refractivity contribution in [1.82, 2.24) is 10.3 Å². The van der Waals surface area contributed by atoms with Crippen molar-refractivity contribution in [3.05, 3.63) is 89.4 Å². The zero-order chi connectivity index (χ0) is 25.1. The zero-order valence-electron chi connectivity index (χ0n) is 18.7. The topological polar surface area (TPSA) is 88.2 Å². The van der Waals surface area contributed by atoms with Gasteiger partial charge in [0.05, 0.1) is 17.9 Å². The van der Waals surface area contributed by atoms with Crippen LogP contribution in [0.15, 0.2) is 66.7 Å². The molecule has 0 aliphatic rings. The van der Waals surface area contributed by atoms with E-state index in [-0.39, 0.29) is 18.0 Å². The molecule has 3 aromatic rings. The number of hydrogen-bond donors (Lipinski definition) is 3. The molecule has 0 aliphatic heterocycles. The Bertz CT molecular complexity index is 1150. The molecule has 5 nitrogen and oxygen atoms in total. The molecular weight excluding hydrogens is 450 g/mol. The molecule has 3 rings (SSSR count). The number of pyridine rings is 1. The van der Waals surface area contributed by atoms with Gasteiger partial charge in [-0.05, 0) is 55.8 Å². The Kier molecular flexibility index (Phi) is 7.21. The van der Waals surface area contributed by atoms with E-state index in [1.165, 1.54) is 18.2 Å². The molecule has 0 bridgehead atoms. The monoisotopic (exact) mass is 475 g/mol. The van der Waals surface area contributed by atoms with E-state index in [1.807, 2.05) is 0 Å². The predicted molar refractivity (Wildman–Crippen MR) is 120 cm³/mol. The number of ketones is 1. The van der Waals surface area contributed by atoms with Crippen molar-refractivity contribution in [3.8, 4) is 11.3 Å². The van der Waals surface area contributed by atoms with Crippen molar-refractivity contribution in [2.75, 3.05) is 13.1 Å². The van der Waals surface area contributed by atoms with Crippen molar-refractivity contribution in [2.45, 2.75) is 31.2 Å². The largest absolute Gasteiger partial charge is 0.424 e. The maximum atomic E-state index is 13.8. The molecule has 1 aromatic heterocycles. The van der Waals surface area contributed by atoms with Gasteiger partial charge in [-0.25, -0.2) is 9.37 Å². The Labute approximate surface area is 194 Å². The van der Waals surface area contributed by atoms with E-state index < -0.39 is 35.4 Å². The summed E-state index contributed by atoms with van der Waals surface area (Å²) in [6, 6.07) is 16.3. The Morgan fingerprint density at radius 2 is 1.65 bits per heavy atom. The fourth-order valence-corrected chi connectivity index (χ4v) is 3.37. The van der Waals surface area contributed by atoms with Crippen LogP contribution in [0.5, 0.6) is 0 Å². The number of alkyl halides is 3. The van der Waals surface area contributed by atoms with E-state index in [9.17, 15) is 27.5 Å². The van der Waals surface area contributed by atoms with Gasteiger partial charge in [0.15, 0.2) is 5.78 Å². The molecule has 1 atom stereocenters. The molecule has 2 aromatic carbocycles. The number of nitrogens with zero attached hydrogens (tertiary/aromatic N) is 1. The first kappa shape index (κ1) is 25.5. The number of nitrogens with one attached hydrogen (secondary N) is 1. The normalized spacial score (nSPS) is 14.0. The molecule has 1 heterocycles. The van der Waals surface area contributed by atoms with E-state index in [4.69, 9.17) is 5.73 Å². The third-order valence-electron chi connectivity index (χ3n) is 5.66. The minimum absolute atomic E-state index is 0.0824. The SMILES string of the molecule is CC(C)(NCC(=O)c1ccccc1)c1cc(-c2ccc(F)cc2)nc(C(O)(CN)C(F)(F)F)c1. The van der Waals surface area contributed by atoms with Gasteiger partial charge in [0.2, 0.25) is 5.60 Å². The summed E-state index contributed by atoms with van der Waals surface area (Å²) in [5.41, 5.74) is 1.50. The standard InChI is InChI=1S/C25H25F4N3O2/c1-23(2,31-14-21(33)17-6-4-3-5-7-17)18-12-20(16-8-10-19(26)11-9-16)32-22(13-18)24(34,15-30)25(27,28)29/h3-13,31,34H,14-15,30H2,1-2H3. The van der Waals surface area contributed by atoms with Crippen LogP contribution < -0.4 is 11.1 Å². The Morgan fingerprint density at radius 1 is 1.03 bits per heavy atom. The fraction of sp³-hybridized carbons (Fsp3) is 0.280. The molecule has 4 N–H and O–H groups in total. The van der Waals surface area contributed by atoms with Crippen LogP contribution in [0, 0.1) is 5.82 Å². The van der Waals surface area contributed by atoms with E-state index in [0.29, 0.717) is 16.7 Å². The van der Waals surface area contributed by atoms with Gasteiger partial charge in [0.25, 0.3) is 0 Å². The highest BCUT2D eigenvalue weighted by atomic mass is 19.4. The van der Waals surface area contributed by atoms with E-state index in [0.717, 1.165) is 18.2 Å². The summed E-state index contributed by atoms with van der Waals surface area (Å²) in [4.78, 5) is 16.6. The lowest BCUT2D eigenvalue weighted by Gasteiger charge is -2.32. The van der Waals surface area contributed by atoms with Gasteiger partial charge < -0.3 is 16.2 Å². The van der Waals surface area contributed by atoms with Gasteiger partial charge in [0.1, 0.15) is 5.82 Å². The first-order valence-corrected chi connectivity index (χ1v) is 10.5. The second-order valence-corrected chi connectivity index (χ2v) is 8.46. The fourth-order valence-electron chi connectivity index (χ4n) is 3.37. The number of aromatic nitrogens is 1. The summed E-state index contributed by atoms with van der Waals surface area (Å²) in [6.07, 6.45) is -5.09. The van der Waals surface area contributed by atoms with Crippen LogP contribution in [0.3, 0.4) is 0 Å². The number of nitrogens with two attached hydrogens (primary N) is 1. The molecule has 0 saturated carbocycles. The average molecular weight is 475 g/mol. The summed E-state index contributed by atoms with van der Waals surface area (Å²) < 4.78 is 54.7. The van der Waals surface area contributed by atoms with Gasteiger partial charge in [-0.15, -0.1) is 0 Å². The Morgan fingerprint density at radius 3 is 2.21 bits per heavy atom. The molecule has 34 heavy (non-hydrogen) atoms. The van der Waals surface area contributed by atoms with E-state index in [1.54, 1.807) is 44.2 Å². The molecular formula is C25H25F4N3O2. The van der Waals surface area contributed by atoms with Crippen molar-refractivity contribution >= 4 is 5.78 Å². The van der Waals surface area contributed by atoms with Gasteiger partial charge in [-0.3, -0.25) is 4.79 Å². The smallest absolute Gasteiger partial charge is 0.374 e. The molecule has 9 heteroatoms. The third-order valence-corrected chi connectivity index (χ3v) is 5.66. The number of carbonyl (C=O) groups is 1. The van der Waals surface area contributed by atoms with Crippen molar-refractivity contribution in [2.24, 2.45) is 5.73 Å². The molecule has 0 aliphatic carbocycles. The lowest BCUT2D eigenvalue weighted by atomic mass is 9.88. The highest BCUT2D eigenvalue weighted by Crippen LogP contribution is 2.39. The first-order chi connectivity index (χ1) is 15.9. The Balaban J connectivity index is 2.05. The van der Waals surface area contributed by atoms with Crippen LogP contribution in [-0.2, 0) is 11.1 Å². The summed E-state index contributed by atoms with van der Waals surface area (Å²) in [7, 11) is 0. The second-order valence-electron chi connectivity index (χ2n) is 8.46. The Hall–Kier alpha value is -3.14. The molecule has 0 spiro atoms. The summed E-state index contributed by atoms with van der Waals surface area (Å²) in [5.74, 6) is -0.717. The summed E-state index contributed by atoms with van der Waals surface area (Å²) in [5, 5.41) is 13.5. The molecule has 1 unspecified atom stereocenters. The lowest BCUT2D eigenvalue weighted by Crippen LogP contribution is -2.49. The van der Waals surface area contributed by atoms with Crippen LogP contribution in [0.25, 0.3) is 11.3 Å². The average Bonchev–Trinajstić information content (AvgIpc) is 2.82. The van der Waals surface area contributed by atoms with Crippen LogP contribution in [0.4, 0.5) is 17.6 Å². The highest BCUT2D eigenvalue weighted by Gasteiger charge is 2.55. The van der Waals surface area contributed by atoms with Crippen molar-refractivity contribution in [1.29, 1.82) is 0 Å². The quantitative estimate of drug-likeness (QED) is 0.334. The minimum Gasteiger partial charge on any atom is -0.374 e. The number of hydrogen-bond acceptors (Lipinski definition) is 5. The van der Waals surface area contributed by atoms with Gasteiger partial charge in [0, 0.05) is 23.2 Å². The molecule has 0 fully saturated rings. The molecule has 0 amide bonds. The number of Topliss-reactive ketones (excluding diaryl/α,β-unsaturated/α-hetero) is 1. The summed E-state index contributed by atoms with van der Waals surface area (Å²) in [6.45, 7) is 2.15. The molecule has 0 saturated heterocycles. The first-order valence-electron chi connectivity index (χ1n) is 10.5. The number of aliphatic hydroxyl groups is 1. The van der Waals surface area contributed by atoms with E-state index in [2.05, 4.69) is 10.3 Å². The number of carbonyl (C=O) groups excluding carboxylic acids is 1. The molecule has 0 radical (unpaired) electrons. The van der Waals surface area contributed by atoms with Crippen LogP contribution in [0.2, 0.25) is 0 Å². The predicted octanol–water partition coefficient (Wildman–Crippen LogP) is 4.30. The van der Waals surface area contributed by atoms with Crippen LogP contribution in [-0.4, -0.2) is 35.1 Å². The van der Waals surface area contributed by atoms with Crippen LogP contribution >= 0.6 is 0 Å². The third kappa shape index (κ3) is 5.32. The van der Waals surface area contributed by atoms with Gasteiger partial charge in [-0.1, -0.05) is 30.3 Å². The van der Waals surface area contributed by atoms with E-state index >= 15 is 0 Å². The zero-order valence-corrected chi connectivity index (χ0v) is 18.7. The van der Waals surface area contributed by atoms with Gasteiger partial charge in [-0.2, -0.15) is 13.2 Å². The maximum absolute atomic E-state index is 13.8.